The van der Waals surface area contributed by atoms with Crippen molar-refractivity contribution in [2.24, 2.45) is 0 Å². The molecule has 0 atom stereocenters. The van der Waals surface area contributed by atoms with Crippen LogP contribution in [0.3, 0.4) is 0 Å². The normalized spacial score (nSPS) is 10.7. The number of rotatable bonds is 8. The smallest absolute Gasteiger partial charge is 0.303 e. The number of nitrogens with zero attached hydrogens (tertiary/aromatic N) is 1. The van der Waals surface area contributed by atoms with Gasteiger partial charge in [0.15, 0.2) is 6.29 Å². The van der Waals surface area contributed by atoms with Gasteiger partial charge in [-0.2, -0.15) is 0 Å². The van der Waals surface area contributed by atoms with Gasteiger partial charge in [-0.15, -0.1) is 0 Å². The van der Waals surface area contributed by atoms with Gasteiger partial charge in [0.05, 0.1) is 6.33 Å². The third-order valence-corrected chi connectivity index (χ3v) is 2.49. The van der Waals surface area contributed by atoms with Crippen molar-refractivity contribution in [3.8, 4) is 0 Å². The molecule has 0 radical (unpaired) electrons. The maximum atomic E-state index is 11.3. The molecule has 1 aromatic rings. The molecule has 0 aliphatic heterocycles. The number of amides is 1. The summed E-state index contributed by atoms with van der Waals surface area (Å²) in [6.07, 6.45) is 0.509. The van der Waals surface area contributed by atoms with Crippen molar-refractivity contribution in [3.05, 3.63) is 17.7 Å². The van der Waals surface area contributed by atoms with Crippen molar-refractivity contribution in [2.45, 2.75) is 32.0 Å². The molecule has 0 aromatic carbocycles. The number of aliphatic carboxylic acids is 1. The lowest BCUT2D eigenvalue weighted by atomic mass is 10.2. The topological polar surface area (TPSA) is 136 Å². The average molecular weight is 271 g/mol. The fraction of sp³-hybridized carbons (Fsp3) is 0.545. The summed E-state index contributed by atoms with van der Waals surface area (Å²) in [7, 11) is 0. The van der Waals surface area contributed by atoms with E-state index in [9.17, 15) is 9.59 Å². The SMILES string of the molecule is O=C(O)CCCC(=O)NCCc1[nH]cnc1C(O)O. The fourth-order valence-electron chi connectivity index (χ4n) is 1.57. The zero-order valence-electron chi connectivity index (χ0n) is 10.3. The average Bonchev–Trinajstić information content (AvgIpc) is 2.77. The predicted octanol–water partition coefficient (Wildman–Crippen LogP) is -0.693. The first-order valence-electron chi connectivity index (χ1n) is 5.87. The summed E-state index contributed by atoms with van der Waals surface area (Å²) < 4.78 is 0. The first kappa shape index (κ1) is 15.1. The zero-order chi connectivity index (χ0) is 14.3. The third kappa shape index (κ3) is 5.49. The van der Waals surface area contributed by atoms with Crippen LogP contribution in [-0.2, 0) is 16.0 Å². The van der Waals surface area contributed by atoms with Gasteiger partial charge in [-0.1, -0.05) is 0 Å². The number of carbonyl (C=O) groups is 2. The van der Waals surface area contributed by atoms with E-state index < -0.39 is 12.3 Å². The summed E-state index contributed by atoms with van der Waals surface area (Å²) in [5.41, 5.74) is 0.681. The minimum atomic E-state index is -1.65. The molecule has 1 heterocycles. The van der Waals surface area contributed by atoms with Gasteiger partial charge in [0, 0.05) is 31.5 Å². The number of carbonyl (C=O) groups excluding carboxylic acids is 1. The number of hydrogen-bond acceptors (Lipinski definition) is 5. The highest BCUT2D eigenvalue weighted by Crippen LogP contribution is 2.10. The van der Waals surface area contributed by atoms with Gasteiger partial charge >= 0.3 is 5.97 Å². The monoisotopic (exact) mass is 271 g/mol. The molecule has 0 saturated carbocycles. The number of H-pyrrole nitrogens is 1. The minimum Gasteiger partial charge on any atom is -0.481 e. The van der Waals surface area contributed by atoms with Crippen molar-refractivity contribution >= 4 is 11.9 Å². The lowest BCUT2D eigenvalue weighted by Gasteiger charge is -2.06. The number of aromatic nitrogens is 2. The van der Waals surface area contributed by atoms with Crippen LogP contribution in [0.1, 0.15) is 36.9 Å². The van der Waals surface area contributed by atoms with Crippen LogP contribution in [-0.4, -0.2) is 43.7 Å². The van der Waals surface area contributed by atoms with Crippen LogP contribution in [0.5, 0.6) is 0 Å². The second-order valence-electron chi connectivity index (χ2n) is 3.99. The quantitative estimate of drug-likeness (QED) is 0.397. The number of aliphatic hydroxyl groups excluding tert-OH is 1. The molecule has 0 bridgehead atoms. The Bertz CT molecular complexity index is 430. The third-order valence-electron chi connectivity index (χ3n) is 2.49. The second kappa shape index (κ2) is 7.49. The Labute approximate surface area is 109 Å². The van der Waals surface area contributed by atoms with Crippen molar-refractivity contribution in [3.63, 3.8) is 0 Å². The largest absolute Gasteiger partial charge is 0.481 e. The van der Waals surface area contributed by atoms with Crippen LogP contribution < -0.4 is 5.32 Å². The first-order valence-corrected chi connectivity index (χ1v) is 5.87. The molecule has 1 amide bonds. The molecule has 5 N–H and O–H groups in total. The van der Waals surface area contributed by atoms with Crippen LogP contribution in [0, 0.1) is 0 Å². The molecule has 1 rings (SSSR count). The number of aliphatic hydroxyl groups is 2. The van der Waals surface area contributed by atoms with Gasteiger partial charge in [-0.05, 0) is 6.42 Å². The Morgan fingerprint density at radius 1 is 1.37 bits per heavy atom. The summed E-state index contributed by atoms with van der Waals surface area (Å²) in [5.74, 6) is -1.15. The summed E-state index contributed by atoms with van der Waals surface area (Å²) >= 11 is 0. The standard InChI is InChI=1S/C11H17N3O5/c15-8(2-1-3-9(16)17)12-5-4-7-10(11(18)19)14-6-13-7/h6,11,18-19H,1-5H2,(H,12,15)(H,13,14)(H,16,17). The van der Waals surface area contributed by atoms with Crippen LogP contribution in [0.25, 0.3) is 0 Å². The number of imidazole rings is 1. The maximum Gasteiger partial charge on any atom is 0.303 e. The molecular weight excluding hydrogens is 254 g/mol. The number of hydrogen-bond donors (Lipinski definition) is 5. The molecule has 19 heavy (non-hydrogen) atoms. The molecule has 0 aliphatic carbocycles. The van der Waals surface area contributed by atoms with E-state index in [0.29, 0.717) is 25.1 Å². The van der Waals surface area contributed by atoms with E-state index in [-0.39, 0.29) is 24.4 Å². The Morgan fingerprint density at radius 3 is 2.74 bits per heavy atom. The van der Waals surface area contributed by atoms with Crippen LogP contribution in [0.2, 0.25) is 0 Å². The van der Waals surface area contributed by atoms with E-state index in [2.05, 4.69) is 15.3 Å². The van der Waals surface area contributed by atoms with Gasteiger partial charge in [-0.25, -0.2) is 4.98 Å². The Hall–Kier alpha value is -1.93. The van der Waals surface area contributed by atoms with Crippen LogP contribution >= 0.6 is 0 Å². The highest BCUT2D eigenvalue weighted by Gasteiger charge is 2.12. The van der Waals surface area contributed by atoms with Crippen LogP contribution in [0.4, 0.5) is 0 Å². The highest BCUT2D eigenvalue weighted by molar-refractivity contribution is 5.76. The lowest BCUT2D eigenvalue weighted by molar-refractivity contribution is -0.137. The van der Waals surface area contributed by atoms with Gasteiger partial charge in [0.2, 0.25) is 5.91 Å². The van der Waals surface area contributed by atoms with Crippen molar-refractivity contribution in [1.82, 2.24) is 15.3 Å². The summed E-state index contributed by atoms with van der Waals surface area (Å²) in [4.78, 5) is 28.1. The van der Waals surface area contributed by atoms with E-state index >= 15 is 0 Å². The van der Waals surface area contributed by atoms with E-state index in [1.54, 1.807) is 0 Å². The van der Waals surface area contributed by atoms with Gasteiger partial charge in [0.25, 0.3) is 0 Å². The molecule has 0 aliphatic rings. The molecule has 8 heteroatoms. The molecule has 106 valence electrons. The highest BCUT2D eigenvalue weighted by atomic mass is 16.5. The van der Waals surface area contributed by atoms with E-state index in [0.717, 1.165) is 0 Å². The summed E-state index contributed by atoms with van der Waals surface area (Å²) in [6, 6.07) is 0. The first-order chi connectivity index (χ1) is 9.00. The van der Waals surface area contributed by atoms with Crippen molar-refractivity contribution in [1.29, 1.82) is 0 Å². The molecule has 0 unspecified atom stereocenters. The summed E-state index contributed by atoms with van der Waals surface area (Å²) in [5, 5.41) is 29.0. The molecule has 1 aromatic heterocycles. The molecule has 0 spiro atoms. The van der Waals surface area contributed by atoms with E-state index in [4.69, 9.17) is 15.3 Å². The second-order valence-corrected chi connectivity index (χ2v) is 3.99. The van der Waals surface area contributed by atoms with Crippen molar-refractivity contribution in [2.75, 3.05) is 6.54 Å². The van der Waals surface area contributed by atoms with Crippen molar-refractivity contribution < 1.29 is 24.9 Å². The number of carboxylic acid groups (broad SMARTS) is 1. The molecule has 8 nitrogen and oxygen atoms in total. The number of carboxylic acids is 1. The van der Waals surface area contributed by atoms with Gasteiger partial charge in [-0.3, -0.25) is 9.59 Å². The number of aromatic amines is 1. The molecule has 0 fully saturated rings. The maximum absolute atomic E-state index is 11.3. The Morgan fingerprint density at radius 2 is 2.11 bits per heavy atom. The number of nitrogens with one attached hydrogen (secondary N) is 2. The van der Waals surface area contributed by atoms with E-state index in [1.807, 2.05) is 0 Å². The minimum absolute atomic E-state index is 0.0329. The van der Waals surface area contributed by atoms with E-state index in [1.165, 1.54) is 6.33 Å². The van der Waals surface area contributed by atoms with Gasteiger partial charge in [0.1, 0.15) is 5.69 Å². The predicted molar refractivity (Wildman–Crippen MR) is 64.0 cm³/mol. The zero-order valence-corrected chi connectivity index (χ0v) is 10.3. The Kier molecular flexibility index (Phi) is 5.97. The van der Waals surface area contributed by atoms with Crippen LogP contribution in [0.15, 0.2) is 6.33 Å². The molecule has 0 saturated heterocycles. The Balaban J connectivity index is 2.24. The summed E-state index contributed by atoms with van der Waals surface area (Å²) in [6.45, 7) is 0.313. The van der Waals surface area contributed by atoms with Gasteiger partial charge < -0.3 is 25.6 Å². The lowest BCUT2D eigenvalue weighted by Crippen LogP contribution is -2.26. The fourth-order valence-corrected chi connectivity index (χ4v) is 1.57. The molecular formula is C11H17N3O5.